The molecular formula is C15H17N3O3. The molecule has 6 nitrogen and oxygen atoms in total. The number of hydrogen-bond donors (Lipinski definition) is 1. The summed E-state index contributed by atoms with van der Waals surface area (Å²) in [4.78, 5) is 40.0. The van der Waals surface area contributed by atoms with Crippen LogP contribution in [0.25, 0.3) is 6.08 Å². The van der Waals surface area contributed by atoms with Crippen LogP contribution in [0.5, 0.6) is 0 Å². The van der Waals surface area contributed by atoms with Crippen molar-refractivity contribution in [3.8, 4) is 0 Å². The molecule has 1 aliphatic rings. The Bertz CT molecular complexity index is 701. The van der Waals surface area contributed by atoms with Crippen molar-refractivity contribution < 1.29 is 9.59 Å². The number of hydrogen-bond acceptors (Lipinski definition) is 4. The quantitative estimate of drug-likeness (QED) is 0.665. The standard InChI is InChI=1S/C15H17N3O3/c1-4-5-6-11-9(2)15(21)18(10(3)16-11)12-7-8-13(19)17-14(12)20/h4-6,12H,1,7-8H2,2-3H3,(H,17,19,20)/b6-5-. The topological polar surface area (TPSA) is 81.1 Å². The van der Waals surface area contributed by atoms with E-state index in [1.54, 1.807) is 32.1 Å². The van der Waals surface area contributed by atoms with Crippen molar-refractivity contribution >= 4 is 17.9 Å². The fourth-order valence-corrected chi connectivity index (χ4v) is 2.37. The first-order valence-corrected chi connectivity index (χ1v) is 6.68. The summed E-state index contributed by atoms with van der Waals surface area (Å²) in [5.74, 6) is -0.312. The molecular weight excluding hydrogens is 270 g/mol. The number of nitrogens with one attached hydrogen (secondary N) is 1. The molecule has 0 aromatic carbocycles. The third-order valence-electron chi connectivity index (χ3n) is 3.47. The van der Waals surface area contributed by atoms with E-state index in [0.29, 0.717) is 23.5 Å². The number of carbonyl (C=O) groups is 2. The molecule has 0 bridgehead atoms. The van der Waals surface area contributed by atoms with E-state index in [1.165, 1.54) is 4.57 Å². The molecule has 1 N–H and O–H groups in total. The molecule has 2 heterocycles. The maximum absolute atomic E-state index is 12.5. The highest BCUT2D eigenvalue weighted by Crippen LogP contribution is 2.19. The molecule has 1 aliphatic heterocycles. The van der Waals surface area contributed by atoms with Crippen LogP contribution in [0, 0.1) is 13.8 Å². The Labute approximate surface area is 122 Å². The van der Waals surface area contributed by atoms with Gasteiger partial charge in [-0.3, -0.25) is 24.3 Å². The molecule has 110 valence electrons. The van der Waals surface area contributed by atoms with E-state index in [4.69, 9.17) is 0 Å². The first-order chi connectivity index (χ1) is 9.95. The van der Waals surface area contributed by atoms with Gasteiger partial charge in [0.15, 0.2) is 0 Å². The van der Waals surface area contributed by atoms with E-state index in [-0.39, 0.29) is 17.9 Å². The van der Waals surface area contributed by atoms with Gasteiger partial charge in [-0.25, -0.2) is 4.98 Å². The Morgan fingerprint density at radius 3 is 2.67 bits per heavy atom. The molecule has 1 unspecified atom stereocenters. The van der Waals surface area contributed by atoms with Crippen LogP contribution in [0.2, 0.25) is 0 Å². The van der Waals surface area contributed by atoms with Crippen LogP contribution in [0.4, 0.5) is 0 Å². The van der Waals surface area contributed by atoms with Crippen molar-refractivity contribution in [1.82, 2.24) is 14.9 Å². The summed E-state index contributed by atoms with van der Waals surface area (Å²) < 4.78 is 1.36. The van der Waals surface area contributed by atoms with Crippen molar-refractivity contribution in [2.75, 3.05) is 0 Å². The summed E-state index contributed by atoms with van der Waals surface area (Å²) >= 11 is 0. The molecule has 2 rings (SSSR count). The summed E-state index contributed by atoms with van der Waals surface area (Å²) in [5.41, 5.74) is 0.755. The van der Waals surface area contributed by atoms with Crippen molar-refractivity contribution in [3.05, 3.63) is 46.2 Å². The monoisotopic (exact) mass is 287 g/mol. The Morgan fingerprint density at radius 2 is 2.05 bits per heavy atom. The summed E-state index contributed by atoms with van der Waals surface area (Å²) in [7, 11) is 0. The number of nitrogens with zero attached hydrogens (tertiary/aromatic N) is 2. The SMILES string of the molecule is C=C/C=C\c1nc(C)n(C2CCC(=O)NC2=O)c(=O)c1C. The fraction of sp³-hybridized carbons (Fsp3) is 0.333. The second-order valence-electron chi connectivity index (χ2n) is 4.91. The largest absolute Gasteiger partial charge is 0.295 e. The molecule has 0 spiro atoms. The molecule has 1 aromatic rings. The van der Waals surface area contributed by atoms with Gasteiger partial charge in [-0.15, -0.1) is 0 Å². The third kappa shape index (κ3) is 2.84. The maximum Gasteiger partial charge on any atom is 0.257 e. The molecule has 21 heavy (non-hydrogen) atoms. The second kappa shape index (κ2) is 5.87. The van der Waals surface area contributed by atoms with E-state index < -0.39 is 11.9 Å². The minimum absolute atomic E-state index is 0.222. The van der Waals surface area contributed by atoms with Crippen LogP contribution >= 0.6 is 0 Å². The number of carbonyl (C=O) groups excluding carboxylic acids is 2. The van der Waals surface area contributed by atoms with Crippen molar-refractivity contribution in [1.29, 1.82) is 0 Å². The highest BCUT2D eigenvalue weighted by molar-refractivity contribution is 5.99. The van der Waals surface area contributed by atoms with Gasteiger partial charge in [0.05, 0.1) is 5.69 Å². The smallest absolute Gasteiger partial charge is 0.257 e. The Morgan fingerprint density at radius 1 is 1.33 bits per heavy atom. The molecule has 1 fully saturated rings. The normalized spacial score (nSPS) is 18.9. The summed E-state index contributed by atoms with van der Waals surface area (Å²) in [5, 5.41) is 2.26. The number of aromatic nitrogens is 2. The van der Waals surface area contributed by atoms with E-state index in [0.717, 1.165) is 0 Å². The van der Waals surface area contributed by atoms with Crippen molar-refractivity contribution in [2.45, 2.75) is 32.7 Å². The van der Waals surface area contributed by atoms with Crippen LogP contribution in [-0.4, -0.2) is 21.4 Å². The van der Waals surface area contributed by atoms with Crippen LogP contribution in [0.3, 0.4) is 0 Å². The molecule has 1 saturated heterocycles. The lowest BCUT2D eigenvalue weighted by Crippen LogP contribution is -2.45. The van der Waals surface area contributed by atoms with E-state index in [2.05, 4.69) is 16.9 Å². The minimum atomic E-state index is -0.682. The van der Waals surface area contributed by atoms with Crippen LogP contribution in [-0.2, 0) is 9.59 Å². The molecule has 2 amide bonds. The van der Waals surface area contributed by atoms with E-state index in [9.17, 15) is 14.4 Å². The van der Waals surface area contributed by atoms with Gasteiger partial charge in [0, 0.05) is 12.0 Å². The average molecular weight is 287 g/mol. The Hall–Kier alpha value is -2.50. The van der Waals surface area contributed by atoms with Crippen molar-refractivity contribution in [3.63, 3.8) is 0 Å². The van der Waals surface area contributed by atoms with Gasteiger partial charge in [-0.1, -0.05) is 18.7 Å². The van der Waals surface area contributed by atoms with Gasteiger partial charge in [0.1, 0.15) is 11.9 Å². The van der Waals surface area contributed by atoms with Gasteiger partial charge in [-0.05, 0) is 26.3 Å². The lowest BCUT2D eigenvalue weighted by atomic mass is 10.1. The minimum Gasteiger partial charge on any atom is -0.295 e. The van der Waals surface area contributed by atoms with Gasteiger partial charge in [0.2, 0.25) is 11.8 Å². The lowest BCUT2D eigenvalue weighted by molar-refractivity contribution is -0.135. The summed E-state index contributed by atoms with van der Waals surface area (Å²) in [6.07, 6.45) is 5.53. The predicted molar refractivity (Wildman–Crippen MR) is 78.6 cm³/mol. The number of aryl methyl sites for hydroxylation is 1. The van der Waals surface area contributed by atoms with Gasteiger partial charge in [0.25, 0.3) is 5.56 Å². The van der Waals surface area contributed by atoms with Crippen LogP contribution in [0.1, 0.15) is 36.0 Å². The Kier molecular flexibility index (Phi) is 4.16. The molecule has 6 heteroatoms. The molecule has 0 radical (unpaired) electrons. The number of amides is 2. The zero-order valence-electron chi connectivity index (χ0n) is 12.0. The van der Waals surface area contributed by atoms with Crippen molar-refractivity contribution in [2.24, 2.45) is 0 Å². The van der Waals surface area contributed by atoms with Gasteiger partial charge < -0.3 is 0 Å². The number of piperidine rings is 1. The van der Waals surface area contributed by atoms with E-state index in [1.807, 2.05) is 0 Å². The zero-order valence-corrected chi connectivity index (χ0v) is 12.0. The van der Waals surface area contributed by atoms with Crippen LogP contribution < -0.4 is 10.9 Å². The summed E-state index contributed by atoms with van der Waals surface area (Å²) in [6, 6.07) is -0.682. The van der Waals surface area contributed by atoms with Gasteiger partial charge >= 0.3 is 0 Å². The number of allylic oxidation sites excluding steroid dienone is 2. The number of rotatable bonds is 3. The fourth-order valence-electron chi connectivity index (χ4n) is 2.37. The second-order valence-corrected chi connectivity index (χ2v) is 4.91. The maximum atomic E-state index is 12.5. The highest BCUT2D eigenvalue weighted by Gasteiger charge is 2.30. The summed E-state index contributed by atoms with van der Waals surface area (Å²) in [6.45, 7) is 6.92. The highest BCUT2D eigenvalue weighted by atomic mass is 16.2. The molecule has 1 aromatic heterocycles. The molecule has 1 atom stereocenters. The third-order valence-corrected chi connectivity index (χ3v) is 3.47. The first kappa shape index (κ1) is 14.9. The Balaban J connectivity index is 2.51. The zero-order chi connectivity index (χ0) is 15.6. The molecule has 0 saturated carbocycles. The average Bonchev–Trinajstić information content (AvgIpc) is 2.43. The number of imide groups is 1. The first-order valence-electron chi connectivity index (χ1n) is 6.68. The molecule has 0 aliphatic carbocycles. The van der Waals surface area contributed by atoms with Gasteiger partial charge in [-0.2, -0.15) is 0 Å². The lowest BCUT2D eigenvalue weighted by Gasteiger charge is -2.24. The van der Waals surface area contributed by atoms with Crippen LogP contribution in [0.15, 0.2) is 23.5 Å². The predicted octanol–water partition coefficient (Wildman–Crippen LogP) is 1.04. The van der Waals surface area contributed by atoms with E-state index >= 15 is 0 Å².